The predicted molar refractivity (Wildman–Crippen MR) is 20.9 cm³/mol. The second-order valence-electron chi connectivity index (χ2n) is 0.781. The molecule has 0 aromatic carbocycles. The first kappa shape index (κ1) is 9.83. The van der Waals surface area contributed by atoms with E-state index >= 15 is 0 Å². The van der Waals surface area contributed by atoms with Crippen LogP contribution in [0.3, 0.4) is 0 Å². The Labute approximate surface area is 53.6 Å². The van der Waals surface area contributed by atoms with Gasteiger partial charge in [-0.1, -0.05) is 0 Å². The third-order valence-corrected chi connectivity index (χ3v) is 0.322. The van der Waals surface area contributed by atoms with Crippen molar-refractivity contribution in [2.75, 3.05) is 20.3 Å². The van der Waals surface area contributed by atoms with Crippen molar-refractivity contribution in [2.24, 2.45) is 5.73 Å². The van der Waals surface area contributed by atoms with Crippen LogP contribution in [0.1, 0.15) is 0 Å². The van der Waals surface area contributed by atoms with Gasteiger partial charge in [0.1, 0.15) is 0 Å². The summed E-state index contributed by atoms with van der Waals surface area (Å²) in [5.74, 6) is 0. The normalized spacial score (nSPS) is 7.00. The molecule has 3 heteroatoms. The van der Waals surface area contributed by atoms with Crippen molar-refractivity contribution in [1.29, 1.82) is 0 Å². The van der Waals surface area contributed by atoms with Crippen molar-refractivity contribution in [1.82, 2.24) is 0 Å². The summed E-state index contributed by atoms with van der Waals surface area (Å²) in [6, 6.07) is 0. The van der Waals surface area contributed by atoms with Gasteiger partial charge < -0.3 is 10.5 Å². The van der Waals surface area contributed by atoms with Crippen LogP contribution in [0.4, 0.5) is 0 Å². The van der Waals surface area contributed by atoms with E-state index in [0.29, 0.717) is 13.2 Å². The summed E-state index contributed by atoms with van der Waals surface area (Å²) >= 11 is 0. The molecule has 6 heavy (non-hydrogen) atoms. The van der Waals surface area contributed by atoms with Gasteiger partial charge in [0, 0.05) is 36.0 Å². The van der Waals surface area contributed by atoms with E-state index in [2.05, 4.69) is 4.74 Å². The quantitative estimate of drug-likeness (QED) is 0.694. The largest absolute Gasteiger partial charge is 0.383 e. The summed E-state index contributed by atoms with van der Waals surface area (Å²) in [6.07, 6.45) is 0. The van der Waals surface area contributed by atoms with Crippen LogP contribution in [0, 0.1) is 0 Å². The maximum absolute atomic E-state index is 5.01. The first-order chi connectivity index (χ1) is 2.41. The molecule has 0 heterocycles. The number of methoxy groups -OCH3 is 1. The molecule has 0 aliphatic heterocycles. The maximum atomic E-state index is 5.01. The Balaban J connectivity index is 0. The first-order valence-electron chi connectivity index (χ1n) is 1.61. The molecule has 0 saturated carbocycles. The van der Waals surface area contributed by atoms with E-state index in [1.165, 1.54) is 0 Å². The number of hydrogen-bond donors (Lipinski definition) is 1. The van der Waals surface area contributed by atoms with Gasteiger partial charge in [-0.3, -0.25) is 0 Å². The molecule has 0 fully saturated rings. The second-order valence-corrected chi connectivity index (χ2v) is 0.781. The van der Waals surface area contributed by atoms with Gasteiger partial charge in [0.15, 0.2) is 0 Å². The van der Waals surface area contributed by atoms with Crippen LogP contribution in [-0.2, 0) is 27.1 Å². The van der Waals surface area contributed by atoms with Crippen molar-refractivity contribution in [2.45, 2.75) is 0 Å². The minimum absolute atomic E-state index is 0. The molecule has 2 nitrogen and oxygen atoms in total. The van der Waals surface area contributed by atoms with E-state index in [-0.39, 0.29) is 22.4 Å². The molecule has 0 atom stereocenters. The Kier molecular flexibility index (Phi) is 15.0. The van der Waals surface area contributed by atoms with Crippen molar-refractivity contribution in [3.8, 4) is 0 Å². The van der Waals surface area contributed by atoms with Crippen LogP contribution < -0.4 is 5.73 Å². The number of hydrogen-bond acceptors (Lipinski definition) is 2. The van der Waals surface area contributed by atoms with E-state index < -0.39 is 0 Å². The fraction of sp³-hybridized carbons (Fsp3) is 1.00. The Bertz CT molecular complexity index is 18.3. The van der Waals surface area contributed by atoms with E-state index in [0.717, 1.165) is 0 Å². The van der Waals surface area contributed by atoms with Crippen LogP contribution in [0.5, 0.6) is 0 Å². The van der Waals surface area contributed by atoms with Gasteiger partial charge in [-0.05, 0) is 0 Å². The number of ether oxygens (including phenoxy) is 1. The minimum atomic E-state index is 0. The molecule has 0 saturated heterocycles. The molecule has 43 valence electrons. The Hall–Kier alpha value is 0.660. The Morgan fingerprint density at radius 2 is 2.17 bits per heavy atom. The first-order valence-corrected chi connectivity index (χ1v) is 1.61. The van der Waals surface area contributed by atoms with Crippen LogP contribution in [0.15, 0.2) is 0 Å². The van der Waals surface area contributed by atoms with E-state index in [1.807, 2.05) is 0 Å². The molecule has 0 aromatic heterocycles. The average Bonchev–Trinajstić information content (AvgIpc) is 1.41. The number of nitrogens with two attached hydrogens (primary N) is 1. The van der Waals surface area contributed by atoms with E-state index in [9.17, 15) is 0 Å². The molecule has 0 aliphatic rings. The topological polar surface area (TPSA) is 35.2 Å². The third kappa shape index (κ3) is 8.82. The molecule has 0 rings (SSSR count). The molecule has 0 bridgehead atoms. The van der Waals surface area contributed by atoms with Gasteiger partial charge in [-0.2, -0.15) is 0 Å². The van der Waals surface area contributed by atoms with Gasteiger partial charge in [0.05, 0.1) is 6.61 Å². The summed E-state index contributed by atoms with van der Waals surface area (Å²) < 4.78 is 4.57. The van der Waals surface area contributed by atoms with E-state index in [1.54, 1.807) is 7.11 Å². The second kappa shape index (κ2) is 9.18. The summed E-state index contributed by atoms with van der Waals surface area (Å²) in [6.45, 7) is 1.29. The molecule has 0 unspecified atom stereocenters. The van der Waals surface area contributed by atoms with Gasteiger partial charge in [0.2, 0.25) is 0 Å². The zero-order valence-corrected chi connectivity index (χ0v) is 5.87. The summed E-state index contributed by atoms with van der Waals surface area (Å²) in [5.41, 5.74) is 5.01. The molecular weight excluding hydrogens is 263 g/mol. The van der Waals surface area contributed by atoms with Crippen molar-refractivity contribution < 1.29 is 27.1 Å². The standard InChI is InChI=1S/C3H9NO.Au/c1-5-3-2-4;/h2-4H2,1H3;. The van der Waals surface area contributed by atoms with Gasteiger partial charge >= 0.3 is 0 Å². The van der Waals surface area contributed by atoms with Crippen molar-refractivity contribution >= 4 is 0 Å². The fourth-order valence-corrected chi connectivity index (χ4v) is 0.118. The maximum Gasteiger partial charge on any atom is 0.0584 e. The van der Waals surface area contributed by atoms with Crippen molar-refractivity contribution in [3.63, 3.8) is 0 Å². The summed E-state index contributed by atoms with van der Waals surface area (Å²) in [5, 5.41) is 0. The fourth-order valence-electron chi connectivity index (χ4n) is 0.118. The van der Waals surface area contributed by atoms with Crippen LogP contribution in [0.25, 0.3) is 0 Å². The SMILES string of the molecule is COCCN.[Au]. The molecule has 0 aromatic rings. The zero-order valence-electron chi connectivity index (χ0n) is 3.70. The van der Waals surface area contributed by atoms with Gasteiger partial charge in [-0.15, -0.1) is 0 Å². The molecule has 0 aliphatic carbocycles. The van der Waals surface area contributed by atoms with Crippen LogP contribution in [-0.4, -0.2) is 20.3 Å². The van der Waals surface area contributed by atoms with Gasteiger partial charge in [-0.25, -0.2) is 0 Å². The molecular formula is C3H9AuNO. The van der Waals surface area contributed by atoms with Crippen LogP contribution in [0.2, 0.25) is 0 Å². The van der Waals surface area contributed by atoms with Crippen molar-refractivity contribution in [3.05, 3.63) is 0 Å². The van der Waals surface area contributed by atoms with Crippen LogP contribution >= 0.6 is 0 Å². The third-order valence-electron chi connectivity index (χ3n) is 0.322. The minimum Gasteiger partial charge on any atom is -0.383 e. The van der Waals surface area contributed by atoms with E-state index in [4.69, 9.17) is 5.73 Å². The predicted octanol–water partition coefficient (Wildman–Crippen LogP) is -0.411. The zero-order chi connectivity index (χ0) is 4.12. The monoisotopic (exact) mass is 272 g/mol. The average molecular weight is 272 g/mol. The van der Waals surface area contributed by atoms with Gasteiger partial charge in [0.25, 0.3) is 0 Å². The summed E-state index contributed by atoms with van der Waals surface area (Å²) in [4.78, 5) is 0. The molecule has 2 N–H and O–H groups in total. The smallest absolute Gasteiger partial charge is 0.0584 e. The molecule has 1 radical (unpaired) electrons. The Morgan fingerprint density at radius 1 is 1.67 bits per heavy atom. The summed E-state index contributed by atoms with van der Waals surface area (Å²) in [7, 11) is 1.63. The molecule has 0 spiro atoms. The Morgan fingerprint density at radius 3 is 2.17 bits per heavy atom. The molecule has 0 amide bonds. The number of rotatable bonds is 2.